The molecule has 3 atom stereocenters. The van der Waals surface area contributed by atoms with Gasteiger partial charge in [-0.3, -0.25) is 4.79 Å². The summed E-state index contributed by atoms with van der Waals surface area (Å²) in [6, 6.07) is 0.894. The average molecular weight is 256 g/mol. The summed E-state index contributed by atoms with van der Waals surface area (Å²) in [4.78, 5) is 13.9. The fourth-order valence-electron chi connectivity index (χ4n) is 3.01. The lowest BCUT2D eigenvalue weighted by atomic mass is 9.78. The van der Waals surface area contributed by atoms with Crippen LogP contribution in [0.1, 0.15) is 52.9 Å². The van der Waals surface area contributed by atoms with Crippen molar-refractivity contribution in [1.82, 2.24) is 10.2 Å². The van der Waals surface area contributed by atoms with Crippen LogP contribution in [-0.4, -0.2) is 47.2 Å². The van der Waals surface area contributed by atoms with Crippen LogP contribution in [0.15, 0.2) is 0 Å². The predicted octanol–water partition coefficient (Wildman–Crippen LogP) is 2.09. The molecule has 0 amide bonds. The van der Waals surface area contributed by atoms with Crippen LogP contribution in [0.2, 0.25) is 0 Å². The lowest BCUT2D eigenvalue weighted by molar-refractivity contribution is -0.147. The molecule has 0 aromatic heterocycles. The van der Waals surface area contributed by atoms with Crippen molar-refractivity contribution in [3.05, 3.63) is 0 Å². The molecule has 1 aliphatic carbocycles. The highest BCUT2D eigenvalue weighted by molar-refractivity contribution is 5.79. The summed E-state index contributed by atoms with van der Waals surface area (Å²) in [6.07, 6.45) is 4.68. The summed E-state index contributed by atoms with van der Waals surface area (Å²) in [5.41, 5.74) is -0.709. The van der Waals surface area contributed by atoms with E-state index in [4.69, 9.17) is 0 Å². The molecule has 4 nitrogen and oxygen atoms in total. The molecule has 0 aromatic carbocycles. The molecule has 2 N–H and O–H groups in total. The van der Waals surface area contributed by atoms with Crippen molar-refractivity contribution < 1.29 is 9.90 Å². The third-order valence-corrected chi connectivity index (χ3v) is 4.51. The SMILES string of the molecule is CCNC1(C(=O)O)CCCC(N(C)C(C)CC)C1. The molecule has 0 aliphatic heterocycles. The molecule has 3 unspecified atom stereocenters. The van der Waals surface area contributed by atoms with E-state index in [-0.39, 0.29) is 0 Å². The fraction of sp³-hybridized carbons (Fsp3) is 0.929. The Labute approximate surface area is 111 Å². The Hall–Kier alpha value is -0.610. The Bertz CT molecular complexity index is 279. The number of nitrogens with zero attached hydrogens (tertiary/aromatic N) is 1. The molecule has 0 bridgehead atoms. The van der Waals surface area contributed by atoms with Crippen molar-refractivity contribution in [2.24, 2.45) is 0 Å². The topological polar surface area (TPSA) is 52.6 Å². The van der Waals surface area contributed by atoms with Gasteiger partial charge in [-0.1, -0.05) is 13.8 Å². The fourth-order valence-corrected chi connectivity index (χ4v) is 3.01. The third kappa shape index (κ3) is 3.23. The minimum Gasteiger partial charge on any atom is -0.480 e. The van der Waals surface area contributed by atoms with Crippen LogP contribution < -0.4 is 5.32 Å². The maximum Gasteiger partial charge on any atom is 0.323 e. The number of rotatable bonds is 6. The summed E-state index contributed by atoms with van der Waals surface area (Å²) in [5, 5.41) is 12.7. The predicted molar refractivity (Wildman–Crippen MR) is 73.8 cm³/mol. The Morgan fingerprint density at radius 2 is 2.22 bits per heavy atom. The van der Waals surface area contributed by atoms with Gasteiger partial charge in [-0.15, -0.1) is 0 Å². The van der Waals surface area contributed by atoms with Gasteiger partial charge >= 0.3 is 5.97 Å². The van der Waals surface area contributed by atoms with Crippen molar-refractivity contribution in [2.75, 3.05) is 13.6 Å². The molecule has 1 rings (SSSR count). The minimum absolute atomic E-state index is 0.379. The molecule has 0 spiro atoms. The van der Waals surface area contributed by atoms with Crippen molar-refractivity contribution in [3.63, 3.8) is 0 Å². The van der Waals surface area contributed by atoms with Crippen molar-refractivity contribution in [1.29, 1.82) is 0 Å². The van der Waals surface area contributed by atoms with Crippen LogP contribution >= 0.6 is 0 Å². The molecular weight excluding hydrogens is 228 g/mol. The van der Waals surface area contributed by atoms with E-state index in [0.717, 1.165) is 32.1 Å². The number of carboxylic acid groups (broad SMARTS) is 1. The Kier molecular flexibility index (Phi) is 5.60. The molecule has 0 heterocycles. The quantitative estimate of drug-likeness (QED) is 0.764. The molecule has 1 saturated carbocycles. The average Bonchev–Trinajstić information content (AvgIpc) is 2.37. The first kappa shape index (κ1) is 15.4. The van der Waals surface area contributed by atoms with Crippen LogP contribution in [0, 0.1) is 0 Å². The smallest absolute Gasteiger partial charge is 0.323 e. The van der Waals surface area contributed by atoms with E-state index in [1.165, 1.54) is 0 Å². The highest BCUT2D eigenvalue weighted by atomic mass is 16.4. The molecule has 1 aliphatic rings. The van der Waals surface area contributed by atoms with Gasteiger partial charge in [0.05, 0.1) is 0 Å². The summed E-state index contributed by atoms with van der Waals surface area (Å²) in [5.74, 6) is -0.688. The molecule has 0 radical (unpaired) electrons. The number of aliphatic carboxylic acids is 1. The van der Waals surface area contributed by atoms with Gasteiger partial charge in [-0.25, -0.2) is 0 Å². The molecule has 0 aromatic rings. The van der Waals surface area contributed by atoms with Gasteiger partial charge in [0.15, 0.2) is 0 Å². The Morgan fingerprint density at radius 3 is 2.72 bits per heavy atom. The van der Waals surface area contributed by atoms with E-state index < -0.39 is 11.5 Å². The van der Waals surface area contributed by atoms with Gasteiger partial charge in [0.2, 0.25) is 0 Å². The van der Waals surface area contributed by atoms with Crippen LogP contribution in [0.3, 0.4) is 0 Å². The van der Waals surface area contributed by atoms with E-state index in [1.807, 2.05) is 6.92 Å². The Balaban J connectivity index is 2.77. The first-order valence-electron chi connectivity index (χ1n) is 7.17. The number of likely N-dealkylation sites (N-methyl/N-ethyl adjacent to an activating group) is 1. The number of carbonyl (C=O) groups is 1. The van der Waals surface area contributed by atoms with Crippen LogP contribution in [0.5, 0.6) is 0 Å². The van der Waals surface area contributed by atoms with E-state index in [1.54, 1.807) is 0 Å². The zero-order chi connectivity index (χ0) is 13.8. The summed E-state index contributed by atoms with van der Waals surface area (Å²) in [7, 11) is 2.13. The second-order valence-corrected chi connectivity index (χ2v) is 5.59. The molecular formula is C14H28N2O2. The van der Waals surface area contributed by atoms with E-state index >= 15 is 0 Å². The maximum atomic E-state index is 11.6. The minimum atomic E-state index is -0.709. The first-order chi connectivity index (χ1) is 8.46. The van der Waals surface area contributed by atoms with E-state index in [2.05, 4.69) is 31.1 Å². The number of nitrogens with one attached hydrogen (secondary N) is 1. The zero-order valence-electron chi connectivity index (χ0n) is 12.2. The number of hydrogen-bond acceptors (Lipinski definition) is 3. The molecule has 0 saturated heterocycles. The molecule has 4 heteroatoms. The standard InChI is InChI=1S/C14H28N2O2/c1-5-11(3)16(4)12-8-7-9-14(10-12,13(17)18)15-6-2/h11-12,15H,5-10H2,1-4H3,(H,17,18). The Morgan fingerprint density at radius 1 is 1.56 bits per heavy atom. The van der Waals surface area contributed by atoms with Gasteiger partial charge < -0.3 is 15.3 Å². The van der Waals surface area contributed by atoms with E-state index in [0.29, 0.717) is 18.6 Å². The van der Waals surface area contributed by atoms with Crippen molar-refractivity contribution >= 4 is 5.97 Å². The second kappa shape index (κ2) is 6.53. The van der Waals surface area contributed by atoms with Crippen LogP contribution in [0.25, 0.3) is 0 Å². The van der Waals surface area contributed by atoms with Gasteiger partial charge in [0, 0.05) is 12.1 Å². The van der Waals surface area contributed by atoms with Crippen molar-refractivity contribution in [3.8, 4) is 0 Å². The highest BCUT2D eigenvalue weighted by Gasteiger charge is 2.43. The summed E-state index contributed by atoms with van der Waals surface area (Å²) >= 11 is 0. The van der Waals surface area contributed by atoms with E-state index in [9.17, 15) is 9.90 Å². The lowest BCUT2D eigenvalue weighted by Gasteiger charge is -2.43. The summed E-state index contributed by atoms with van der Waals surface area (Å²) < 4.78 is 0. The molecule has 18 heavy (non-hydrogen) atoms. The van der Waals surface area contributed by atoms with Gasteiger partial charge in [-0.2, -0.15) is 0 Å². The third-order valence-electron chi connectivity index (χ3n) is 4.51. The zero-order valence-corrected chi connectivity index (χ0v) is 12.2. The van der Waals surface area contributed by atoms with Gasteiger partial charge in [0.1, 0.15) is 5.54 Å². The maximum absolute atomic E-state index is 11.6. The van der Waals surface area contributed by atoms with Gasteiger partial charge in [0.25, 0.3) is 0 Å². The number of carboxylic acids is 1. The van der Waals surface area contributed by atoms with Crippen LogP contribution in [0.4, 0.5) is 0 Å². The largest absolute Gasteiger partial charge is 0.480 e. The molecule has 1 fully saturated rings. The summed E-state index contributed by atoms with van der Waals surface area (Å²) in [6.45, 7) is 7.09. The lowest BCUT2D eigenvalue weighted by Crippen LogP contribution is -2.58. The van der Waals surface area contributed by atoms with Crippen molar-refractivity contribution in [2.45, 2.75) is 70.5 Å². The molecule has 106 valence electrons. The second-order valence-electron chi connectivity index (χ2n) is 5.59. The van der Waals surface area contributed by atoms with Gasteiger partial charge in [-0.05, 0) is 52.6 Å². The highest BCUT2D eigenvalue weighted by Crippen LogP contribution is 2.32. The number of hydrogen-bond donors (Lipinski definition) is 2. The normalized spacial score (nSPS) is 30.4. The van der Waals surface area contributed by atoms with Crippen LogP contribution in [-0.2, 0) is 4.79 Å². The first-order valence-corrected chi connectivity index (χ1v) is 7.17. The monoisotopic (exact) mass is 256 g/mol.